The van der Waals surface area contributed by atoms with Gasteiger partial charge in [0.15, 0.2) is 11.6 Å². The van der Waals surface area contributed by atoms with Crippen molar-refractivity contribution in [2.24, 2.45) is 5.92 Å². The minimum absolute atomic E-state index is 0.156. The van der Waals surface area contributed by atoms with Crippen molar-refractivity contribution in [2.75, 3.05) is 39.3 Å². The van der Waals surface area contributed by atoms with Gasteiger partial charge in [0.1, 0.15) is 6.54 Å². The van der Waals surface area contributed by atoms with E-state index in [1.807, 2.05) is 12.1 Å². The van der Waals surface area contributed by atoms with Gasteiger partial charge in [-0.2, -0.15) is 0 Å². The van der Waals surface area contributed by atoms with Gasteiger partial charge in [0.25, 0.3) is 0 Å². The molecule has 164 valence electrons. The Labute approximate surface area is 181 Å². The molecule has 3 fully saturated rings. The van der Waals surface area contributed by atoms with E-state index >= 15 is 0 Å². The van der Waals surface area contributed by atoms with Crippen LogP contribution in [0.25, 0.3) is 0 Å². The van der Waals surface area contributed by atoms with Crippen molar-refractivity contribution in [3.05, 3.63) is 29.6 Å². The number of carbonyl (C=O) groups excluding carboxylic acids is 2. The number of amides is 3. The fourth-order valence-electron chi connectivity index (χ4n) is 3.66. The third-order valence-corrected chi connectivity index (χ3v) is 7.09. The van der Waals surface area contributed by atoms with Gasteiger partial charge in [-0.1, -0.05) is 6.07 Å². The van der Waals surface area contributed by atoms with Crippen LogP contribution in [0.4, 0.5) is 9.18 Å². The van der Waals surface area contributed by atoms with E-state index in [1.54, 1.807) is 17.0 Å². The average Bonchev–Trinajstić information content (AvgIpc) is 3.34. The number of rotatable bonds is 10. The Morgan fingerprint density at radius 3 is 2.77 bits per heavy atom. The zero-order valence-electron chi connectivity index (χ0n) is 17.3. The van der Waals surface area contributed by atoms with Gasteiger partial charge in [-0.3, -0.25) is 10.1 Å². The Bertz CT molecular complexity index is 792. The SMILES string of the molecule is CC(c1ccc(F)c(OCC2CC2)c1)N1CCN(CCCCN2CC(=O)NC2=O)S1. The van der Waals surface area contributed by atoms with E-state index in [0.29, 0.717) is 24.8 Å². The predicted octanol–water partition coefficient (Wildman–Crippen LogP) is 3.19. The lowest BCUT2D eigenvalue weighted by Gasteiger charge is -2.24. The molecular weight excluding hydrogens is 407 g/mol. The van der Waals surface area contributed by atoms with Crippen molar-refractivity contribution >= 4 is 24.1 Å². The number of ether oxygens (including phenoxy) is 1. The van der Waals surface area contributed by atoms with Crippen LogP contribution in [0, 0.1) is 11.7 Å². The monoisotopic (exact) mass is 436 g/mol. The number of imide groups is 1. The summed E-state index contributed by atoms with van der Waals surface area (Å²) >= 11 is 1.72. The lowest BCUT2D eigenvalue weighted by Crippen LogP contribution is -2.29. The summed E-state index contributed by atoms with van der Waals surface area (Å²) in [5.41, 5.74) is 1.06. The highest BCUT2D eigenvalue weighted by molar-refractivity contribution is 7.94. The minimum atomic E-state index is -0.296. The Balaban J connectivity index is 1.21. The van der Waals surface area contributed by atoms with Gasteiger partial charge in [0.05, 0.1) is 6.61 Å². The third kappa shape index (κ3) is 5.44. The minimum Gasteiger partial charge on any atom is -0.490 e. The third-order valence-electron chi connectivity index (χ3n) is 5.78. The molecule has 1 N–H and O–H groups in total. The summed E-state index contributed by atoms with van der Waals surface area (Å²) in [6.45, 7) is 6.35. The topological polar surface area (TPSA) is 65.1 Å². The van der Waals surface area contributed by atoms with E-state index in [4.69, 9.17) is 4.74 Å². The molecule has 0 aromatic heterocycles. The molecule has 2 saturated heterocycles. The molecule has 0 spiro atoms. The van der Waals surface area contributed by atoms with Crippen LogP contribution in [0.3, 0.4) is 0 Å². The van der Waals surface area contributed by atoms with E-state index in [9.17, 15) is 14.0 Å². The molecule has 0 radical (unpaired) electrons. The zero-order chi connectivity index (χ0) is 21.1. The van der Waals surface area contributed by atoms with Crippen LogP contribution in [0.5, 0.6) is 5.75 Å². The predicted molar refractivity (Wildman–Crippen MR) is 113 cm³/mol. The smallest absolute Gasteiger partial charge is 0.324 e. The fraction of sp³-hybridized carbons (Fsp3) is 0.619. The first-order chi connectivity index (χ1) is 14.5. The maximum atomic E-state index is 14.1. The Morgan fingerprint density at radius 2 is 2.03 bits per heavy atom. The Kier molecular flexibility index (Phi) is 6.80. The molecule has 7 nitrogen and oxygen atoms in total. The van der Waals surface area contributed by atoms with Crippen molar-refractivity contribution in [3.8, 4) is 5.75 Å². The highest BCUT2D eigenvalue weighted by atomic mass is 32.2. The molecule has 0 bridgehead atoms. The lowest BCUT2D eigenvalue weighted by molar-refractivity contribution is -0.118. The van der Waals surface area contributed by atoms with Gasteiger partial charge in [-0.15, -0.1) is 0 Å². The molecule has 30 heavy (non-hydrogen) atoms. The summed E-state index contributed by atoms with van der Waals surface area (Å²) in [6, 6.07) is 5.06. The second-order valence-corrected chi connectivity index (χ2v) is 9.40. The first-order valence-corrected chi connectivity index (χ1v) is 11.4. The van der Waals surface area contributed by atoms with Gasteiger partial charge >= 0.3 is 6.03 Å². The van der Waals surface area contributed by atoms with Crippen molar-refractivity contribution in [1.82, 2.24) is 18.8 Å². The quantitative estimate of drug-likeness (QED) is 0.345. The zero-order valence-corrected chi connectivity index (χ0v) is 18.1. The van der Waals surface area contributed by atoms with E-state index in [1.165, 1.54) is 18.9 Å². The molecule has 1 aromatic rings. The van der Waals surface area contributed by atoms with Crippen molar-refractivity contribution in [3.63, 3.8) is 0 Å². The molecule has 1 saturated carbocycles. The van der Waals surface area contributed by atoms with Gasteiger partial charge in [0, 0.05) is 44.4 Å². The first kappa shape index (κ1) is 21.4. The number of nitrogens with zero attached hydrogens (tertiary/aromatic N) is 3. The number of hydrogen-bond donors (Lipinski definition) is 1. The number of unbranched alkanes of at least 4 members (excludes halogenated alkanes) is 1. The second kappa shape index (κ2) is 9.53. The van der Waals surface area contributed by atoms with Crippen molar-refractivity contribution < 1.29 is 18.7 Å². The number of hydrogen-bond acceptors (Lipinski definition) is 6. The number of urea groups is 1. The van der Waals surface area contributed by atoms with Crippen LogP contribution in [0.1, 0.15) is 44.2 Å². The molecule has 3 aliphatic rings. The van der Waals surface area contributed by atoms with Gasteiger partial charge in [0.2, 0.25) is 5.91 Å². The van der Waals surface area contributed by atoms with Crippen LogP contribution in [-0.2, 0) is 4.79 Å². The number of nitrogens with one attached hydrogen (secondary N) is 1. The molecule has 1 aromatic carbocycles. The molecule has 1 unspecified atom stereocenters. The van der Waals surface area contributed by atoms with Crippen molar-refractivity contribution in [2.45, 2.75) is 38.6 Å². The van der Waals surface area contributed by atoms with Crippen LogP contribution in [0.15, 0.2) is 18.2 Å². The largest absolute Gasteiger partial charge is 0.490 e. The molecule has 3 amide bonds. The van der Waals surface area contributed by atoms with Crippen molar-refractivity contribution in [1.29, 1.82) is 0 Å². The van der Waals surface area contributed by atoms with Crippen LogP contribution in [-0.4, -0.2) is 64.8 Å². The molecule has 9 heteroatoms. The fourth-order valence-corrected chi connectivity index (χ4v) is 4.76. The highest BCUT2D eigenvalue weighted by Gasteiger charge is 2.28. The maximum Gasteiger partial charge on any atom is 0.324 e. The maximum absolute atomic E-state index is 14.1. The number of benzene rings is 1. The summed E-state index contributed by atoms with van der Waals surface area (Å²) in [5, 5.41) is 2.30. The number of carbonyl (C=O) groups is 2. The standard InChI is InChI=1S/C21H29FN4O3S/c1-15(17-6-7-18(22)19(12-17)29-14-16-4-5-16)26-11-10-25(30-26)9-3-2-8-24-13-20(27)23-21(24)28/h6-7,12,15-16H,2-5,8-11,13-14H2,1H3,(H,23,27,28). The van der Waals surface area contributed by atoms with Crippen LogP contribution < -0.4 is 10.1 Å². The first-order valence-electron chi connectivity index (χ1n) is 10.7. The molecular formula is C21H29FN4O3S. The normalized spacial score (nSPS) is 21.3. The average molecular weight is 437 g/mol. The van der Waals surface area contributed by atoms with Crippen LogP contribution in [0.2, 0.25) is 0 Å². The van der Waals surface area contributed by atoms with Gasteiger partial charge in [-0.25, -0.2) is 17.8 Å². The molecule has 1 atom stereocenters. The summed E-state index contributed by atoms with van der Waals surface area (Å²) in [4.78, 5) is 24.3. The molecule has 2 heterocycles. The second-order valence-electron chi connectivity index (χ2n) is 8.25. The summed E-state index contributed by atoms with van der Waals surface area (Å²) in [7, 11) is 0. The van der Waals surface area contributed by atoms with Gasteiger partial charge < -0.3 is 9.64 Å². The van der Waals surface area contributed by atoms with E-state index in [-0.39, 0.29) is 30.3 Å². The lowest BCUT2D eigenvalue weighted by atomic mass is 10.1. The Hall–Kier alpha value is -1.84. The molecule has 1 aliphatic carbocycles. The van der Waals surface area contributed by atoms with E-state index < -0.39 is 0 Å². The summed E-state index contributed by atoms with van der Waals surface area (Å²) in [6.07, 6.45) is 4.19. The van der Waals surface area contributed by atoms with E-state index in [0.717, 1.165) is 38.0 Å². The highest BCUT2D eigenvalue weighted by Crippen LogP contribution is 2.36. The Morgan fingerprint density at radius 1 is 1.23 bits per heavy atom. The molecule has 4 rings (SSSR count). The molecule has 2 aliphatic heterocycles. The summed E-state index contributed by atoms with van der Waals surface area (Å²) < 4.78 is 24.4. The van der Waals surface area contributed by atoms with Gasteiger partial charge in [-0.05, 0) is 56.2 Å². The van der Waals surface area contributed by atoms with E-state index in [2.05, 4.69) is 20.9 Å². The number of halogens is 1. The van der Waals surface area contributed by atoms with Crippen LogP contribution >= 0.6 is 12.1 Å². The summed E-state index contributed by atoms with van der Waals surface area (Å²) in [5.74, 6) is 0.433.